The Hall–Kier alpha value is -4.74. The molecule has 1 aliphatic heterocycles. The largest absolute Gasteiger partial charge is 0.392 e. The average Bonchev–Trinajstić information content (AvgIpc) is 3.48. The average molecular weight is 525 g/mol. The zero-order chi connectivity index (χ0) is 26.6. The van der Waals surface area contributed by atoms with E-state index in [1.807, 2.05) is 30.3 Å². The van der Waals surface area contributed by atoms with Crippen molar-refractivity contribution >= 4 is 17.3 Å². The summed E-state index contributed by atoms with van der Waals surface area (Å²) < 4.78 is 21.6. The molecule has 4 heterocycles. The van der Waals surface area contributed by atoms with Gasteiger partial charge >= 0.3 is 0 Å². The number of nitrogens with zero attached hydrogens (tertiary/aromatic N) is 7. The van der Waals surface area contributed by atoms with Gasteiger partial charge in [0, 0.05) is 42.4 Å². The summed E-state index contributed by atoms with van der Waals surface area (Å²) in [6.07, 6.45) is 4.87. The van der Waals surface area contributed by atoms with E-state index in [0.717, 1.165) is 35.7 Å². The lowest BCUT2D eigenvalue weighted by molar-refractivity contribution is 0.122. The molecule has 39 heavy (non-hydrogen) atoms. The molecule has 196 valence electrons. The van der Waals surface area contributed by atoms with Gasteiger partial charge in [0.25, 0.3) is 0 Å². The highest BCUT2D eigenvalue weighted by Gasteiger charge is 2.14. The first-order valence-corrected chi connectivity index (χ1v) is 12.5. The van der Waals surface area contributed by atoms with Gasteiger partial charge in [-0.1, -0.05) is 6.07 Å². The van der Waals surface area contributed by atoms with E-state index in [-0.39, 0.29) is 12.4 Å². The third kappa shape index (κ3) is 5.59. The van der Waals surface area contributed by atoms with Crippen molar-refractivity contribution in [3.8, 4) is 28.5 Å². The Kier molecular flexibility index (Phi) is 6.89. The predicted octanol–water partition coefficient (Wildman–Crippen LogP) is 4.00. The normalized spacial score (nSPS) is 13.4. The van der Waals surface area contributed by atoms with E-state index in [2.05, 4.69) is 35.3 Å². The maximum absolute atomic E-state index is 14.5. The van der Waals surface area contributed by atoms with E-state index in [0.29, 0.717) is 41.9 Å². The minimum Gasteiger partial charge on any atom is -0.392 e. The first kappa shape index (κ1) is 24.6. The standard InChI is InChI=1S/C28H25FN8O2/c29-21-13-20(14-24(15-21)36-9-11-39-12-10-36)25-7-8-30-28(34-25)33-22-2-4-23(5-3-22)37-18-32-27(35-37)26-6-1-19(17-38)16-31-26/h1-8,13-16,18,38H,9-12,17H2,(H,30,33,34). The van der Waals surface area contributed by atoms with Crippen LogP contribution in [0.4, 0.5) is 21.7 Å². The smallest absolute Gasteiger partial charge is 0.227 e. The molecule has 10 nitrogen and oxygen atoms in total. The summed E-state index contributed by atoms with van der Waals surface area (Å²) >= 11 is 0. The predicted molar refractivity (Wildman–Crippen MR) is 144 cm³/mol. The molecule has 0 saturated carbocycles. The second kappa shape index (κ2) is 10.9. The Bertz CT molecular complexity index is 1570. The molecule has 0 atom stereocenters. The van der Waals surface area contributed by atoms with Gasteiger partial charge in [0.05, 0.1) is 31.2 Å². The number of aliphatic hydroxyl groups is 1. The fraction of sp³-hybridized carbons (Fsp3) is 0.179. The van der Waals surface area contributed by atoms with Crippen LogP contribution in [-0.2, 0) is 11.3 Å². The van der Waals surface area contributed by atoms with E-state index in [1.54, 1.807) is 41.6 Å². The molecule has 11 heteroatoms. The van der Waals surface area contributed by atoms with Crippen molar-refractivity contribution in [2.75, 3.05) is 36.5 Å². The molecule has 0 bridgehead atoms. The summed E-state index contributed by atoms with van der Waals surface area (Å²) in [7, 11) is 0. The fourth-order valence-corrected chi connectivity index (χ4v) is 4.29. The molecular formula is C28H25FN8O2. The van der Waals surface area contributed by atoms with Crippen LogP contribution >= 0.6 is 0 Å². The van der Waals surface area contributed by atoms with Crippen molar-refractivity contribution in [2.45, 2.75) is 6.61 Å². The van der Waals surface area contributed by atoms with Crippen molar-refractivity contribution in [2.24, 2.45) is 0 Å². The highest BCUT2D eigenvalue weighted by molar-refractivity contribution is 5.67. The Labute approximate surface area is 223 Å². The Morgan fingerprint density at radius 2 is 1.74 bits per heavy atom. The zero-order valence-electron chi connectivity index (χ0n) is 20.9. The maximum Gasteiger partial charge on any atom is 0.227 e. The van der Waals surface area contributed by atoms with Gasteiger partial charge in [-0.05, 0) is 60.2 Å². The highest BCUT2D eigenvalue weighted by atomic mass is 19.1. The summed E-state index contributed by atoms with van der Waals surface area (Å²) in [5.41, 5.74) is 5.06. The van der Waals surface area contributed by atoms with E-state index < -0.39 is 0 Å². The Morgan fingerprint density at radius 3 is 2.51 bits per heavy atom. The minimum atomic E-state index is -0.313. The van der Waals surface area contributed by atoms with Gasteiger partial charge in [-0.25, -0.2) is 24.0 Å². The van der Waals surface area contributed by atoms with Crippen LogP contribution in [0, 0.1) is 5.82 Å². The lowest BCUT2D eigenvalue weighted by atomic mass is 10.1. The Morgan fingerprint density at radius 1 is 0.897 bits per heavy atom. The summed E-state index contributed by atoms with van der Waals surface area (Å²) in [6.45, 7) is 2.63. The number of hydrogen-bond acceptors (Lipinski definition) is 9. The number of hydrogen-bond donors (Lipinski definition) is 2. The number of aliphatic hydroxyl groups excluding tert-OH is 1. The van der Waals surface area contributed by atoms with E-state index in [9.17, 15) is 9.50 Å². The molecule has 5 aromatic rings. The third-order valence-electron chi connectivity index (χ3n) is 6.33. The van der Waals surface area contributed by atoms with Crippen LogP contribution in [0.25, 0.3) is 28.5 Å². The lowest BCUT2D eigenvalue weighted by Gasteiger charge is -2.29. The molecule has 0 amide bonds. The van der Waals surface area contributed by atoms with E-state index in [1.165, 1.54) is 12.1 Å². The molecule has 2 aromatic carbocycles. The fourth-order valence-electron chi connectivity index (χ4n) is 4.29. The van der Waals surface area contributed by atoms with E-state index in [4.69, 9.17) is 4.74 Å². The van der Waals surface area contributed by atoms with Crippen molar-refractivity contribution in [1.29, 1.82) is 0 Å². The monoisotopic (exact) mass is 524 g/mol. The first-order valence-electron chi connectivity index (χ1n) is 12.5. The molecular weight excluding hydrogens is 499 g/mol. The molecule has 0 unspecified atom stereocenters. The molecule has 1 fully saturated rings. The molecule has 0 aliphatic carbocycles. The number of anilines is 3. The first-order chi connectivity index (χ1) is 19.1. The van der Waals surface area contributed by atoms with Crippen molar-refractivity contribution < 1.29 is 14.2 Å². The second-order valence-corrected chi connectivity index (χ2v) is 8.96. The number of benzene rings is 2. The number of rotatable bonds is 7. The number of morpholine rings is 1. The van der Waals surface area contributed by atoms with Crippen molar-refractivity contribution in [3.05, 3.63) is 90.8 Å². The van der Waals surface area contributed by atoms with Gasteiger partial charge in [-0.2, -0.15) is 0 Å². The molecule has 3 aromatic heterocycles. The van der Waals surface area contributed by atoms with Gasteiger partial charge in [0.15, 0.2) is 5.82 Å². The van der Waals surface area contributed by atoms with Gasteiger partial charge in [-0.15, -0.1) is 5.10 Å². The van der Waals surface area contributed by atoms with Gasteiger partial charge < -0.3 is 20.1 Å². The summed E-state index contributed by atoms with van der Waals surface area (Å²) in [6, 6.07) is 17.9. The summed E-state index contributed by atoms with van der Waals surface area (Å²) in [5.74, 6) is 0.575. The maximum atomic E-state index is 14.5. The Balaban J connectivity index is 1.17. The molecule has 2 N–H and O–H groups in total. The quantitative estimate of drug-likeness (QED) is 0.326. The van der Waals surface area contributed by atoms with Crippen LogP contribution in [0.2, 0.25) is 0 Å². The number of nitrogens with one attached hydrogen (secondary N) is 1. The van der Waals surface area contributed by atoms with Gasteiger partial charge in [0.2, 0.25) is 5.95 Å². The summed E-state index contributed by atoms with van der Waals surface area (Å²) in [4.78, 5) is 19.7. The highest BCUT2D eigenvalue weighted by Crippen LogP contribution is 2.27. The minimum absolute atomic E-state index is 0.0640. The number of pyridine rings is 1. The van der Waals surface area contributed by atoms with Crippen molar-refractivity contribution in [3.63, 3.8) is 0 Å². The van der Waals surface area contributed by atoms with Gasteiger partial charge in [-0.3, -0.25) is 4.98 Å². The summed E-state index contributed by atoms with van der Waals surface area (Å²) in [5, 5.41) is 16.9. The van der Waals surface area contributed by atoms with Crippen LogP contribution < -0.4 is 10.2 Å². The number of ether oxygens (including phenoxy) is 1. The second-order valence-electron chi connectivity index (χ2n) is 8.96. The van der Waals surface area contributed by atoms with Crippen molar-refractivity contribution in [1.82, 2.24) is 29.7 Å². The van der Waals surface area contributed by atoms with Crippen LogP contribution in [0.15, 0.2) is 79.4 Å². The molecule has 1 aliphatic rings. The molecule has 0 radical (unpaired) electrons. The van der Waals surface area contributed by atoms with Crippen LogP contribution in [0.1, 0.15) is 5.56 Å². The zero-order valence-corrected chi connectivity index (χ0v) is 20.9. The van der Waals surface area contributed by atoms with E-state index >= 15 is 0 Å². The molecule has 0 spiro atoms. The number of aromatic nitrogens is 6. The van der Waals surface area contributed by atoms with Crippen LogP contribution in [0.3, 0.4) is 0 Å². The lowest BCUT2D eigenvalue weighted by Crippen LogP contribution is -2.36. The van der Waals surface area contributed by atoms with Gasteiger partial charge in [0.1, 0.15) is 17.8 Å². The van der Waals surface area contributed by atoms with Crippen LogP contribution in [0.5, 0.6) is 0 Å². The third-order valence-corrected chi connectivity index (χ3v) is 6.33. The SMILES string of the molecule is OCc1ccc(-c2ncn(-c3ccc(Nc4nccc(-c5cc(F)cc(N6CCOCC6)c5)n4)cc3)n2)nc1. The topological polar surface area (TPSA) is 114 Å². The molecule has 6 rings (SSSR count). The van der Waals surface area contributed by atoms with Crippen LogP contribution in [-0.4, -0.2) is 61.1 Å². The number of halogens is 1. The molecule has 1 saturated heterocycles.